The average Bonchev–Trinajstić information content (AvgIpc) is 2.61. The van der Waals surface area contributed by atoms with Crippen LogP contribution in [0.25, 0.3) is 0 Å². The van der Waals surface area contributed by atoms with Crippen LogP contribution in [0.15, 0.2) is 18.2 Å². The summed E-state index contributed by atoms with van der Waals surface area (Å²) in [6, 6.07) is 7.03. The largest absolute Gasteiger partial charge is 0.493 e. The Kier molecular flexibility index (Phi) is 2.17. The Morgan fingerprint density at radius 3 is 3.27 bits per heavy atom. The van der Waals surface area contributed by atoms with Crippen LogP contribution in [0, 0.1) is 0 Å². The second-order valence-electron chi connectivity index (χ2n) is 4.44. The van der Waals surface area contributed by atoms with E-state index < -0.39 is 0 Å². The van der Waals surface area contributed by atoms with Gasteiger partial charge in [0.15, 0.2) is 0 Å². The number of benzene rings is 1. The van der Waals surface area contributed by atoms with Crippen molar-refractivity contribution in [3.05, 3.63) is 29.3 Å². The lowest BCUT2D eigenvalue weighted by Gasteiger charge is -2.21. The third-order valence-corrected chi connectivity index (χ3v) is 3.58. The summed E-state index contributed by atoms with van der Waals surface area (Å²) < 4.78 is 5.71. The summed E-state index contributed by atoms with van der Waals surface area (Å²) in [5.41, 5.74) is 2.95. The van der Waals surface area contributed by atoms with Crippen molar-refractivity contribution in [1.82, 2.24) is 5.32 Å². The van der Waals surface area contributed by atoms with Gasteiger partial charge in [0.2, 0.25) is 0 Å². The molecule has 1 aromatic rings. The molecule has 0 fully saturated rings. The lowest BCUT2D eigenvalue weighted by molar-refractivity contribution is 0.266. The lowest BCUT2D eigenvalue weighted by atomic mass is 9.95. The highest BCUT2D eigenvalue weighted by Crippen LogP contribution is 2.48. The first-order chi connectivity index (χ1) is 7.40. The summed E-state index contributed by atoms with van der Waals surface area (Å²) in [4.78, 5) is 0. The van der Waals surface area contributed by atoms with Crippen LogP contribution < -0.4 is 10.1 Å². The molecule has 0 bridgehead atoms. The van der Waals surface area contributed by atoms with Crippen LogP contribution in [-0.2, 0) is 0 Å². The van der Waals surface area contributed by atoms with E-state index in [9.17, 15) is 0 Å². The molecule has 2 atom stereocenters. The minimum Gasteiger partial charge on any atom is -0.493 e. The van der Waals surface area contributed by atoms with Gasteiger partial charge in [-0.15, -0.1) is 0 Å². The van der Waals surface area contributed by atoms with E-state index in [1.54, 1.807) is 0 Å². The minimum absolute atomic E-state index is 0.552. The molecule has 2 heteroatoms. The van der Waals surface area contributed by atoms with E-state index in [1.807, 2.05) is 0 Å². The summed E-state index contributed by atoms with van der Waals surface area (Å²) in [5.74, 6) is 1.86. The third-order valence-electron chi connectivity index (χ3n) is 3.58. The molecular weight excluding hydrogens is 186 g/mol. The van der Waals surface area contributed by atoms with Crippen LogP contribution in [0.3, 0.4) is 0 Å². The van der Waals surface area contributed by atoms with Gasteiger partial charge in [-0.05, 0) is 36.9 Å². The van der Waals surface area contributed by atoms with Gasteiger partial charge in [-0.25, -0.2) is 0 Å². The molecule has 0 radical (unpaired) electrons. The third kappa shape index (κ3) is 1.36. The first kappa shape index (κ1) is 9.22. The molecule has 2 aliphatic rings. The van der Waals surface area contributed by atoms with Gasteiger partial charge in [0, 0.05) is 11.6 Å². The van der Waals surface area contributed by atoms with E-state index in [0.717, 1.165) is 24.8 Å². The second-order valence-corrected chi connectivity index (χ2v) is 4.44. The molecule has 0 aromatic heterocycles. The highest BCUT2D eigenvalue weighted by atomic mass is 16.5. The molecule has 1 aliphatic heterocycles. The van der Waals surface area contributed by atoms with Gasteiger partial charge in [0.05, 0.1) is 6.61 Å². The summed E-state index contributed by atoms with van der Waals surface area (Å²) in [6.45, 7) is 4.11. The van der Waals surface area contributed by atoms with E-state index in [0.29, 0.717) is 6.04 Å². The molecule has 0 saturated carbocycles. The summed E-state index contributed by atoms with van der Waals surface area (Å²) in [7, 11) is 0. The standard InChI is InChI=1S/C13H17NO/c1-2-14-11-8-9-6-7-15-12-5-3-4-10(11)13(9)12/h3-5,9,11,14H,2,6-8H2,1H3. The Bertz CT molecular complexity index is 375. The van der Waals surface area contributed by atoms with Crippen molar-refractivity contribution in [3.63, 3.8) is 0 Å². The molecule has 0 amide bonds. The Hall–Kier alpha value is -1.02. The fourth-order valence-corrected chi connectivity index (χ4v) is 2.97. The monoisotopic (exact) mass is 203 g/mol. The molecule has 1 heterocycles. The zero-order chi connectivity index (χ0) is 10.3. The van der Waals surface area contributed by atoms with Crippen molar-refractivity contribution in [3.8, 4) is 5.75 Å². The number of hydrogen-bond acceptors (Lipinski definition) is 2. The summed E-state index contributed by atoms with van der Waals surface area (Å²) >= 11 is 0. The van der Waals surface area contributed by atoms with Crippen molar-refractivity contribution in [1.29, 1.82) is 0 Å². The summed E-state index contributed by atoms with van der Waals surface area (Å²) in [5, 5.41) is 3.56. The summed E-state index contributed by atoms with van der Waals surface area (Å²) in [6.07, 6.45) is 2.44. The SMILES string of the molecule is CCNC1CC2CCOc3cccc1c32. The van der Waals surface area contributed by atoms with Crippen LogP contribution >= 0.6 is 0 Å². The average molecular weight is 203 g/mol. The van der Waals surface area contributed by atoms with Crippen molar-refractivity contribution < 1.29 is 4.74 Å². The molecule has 0 spiro atoms. The van der Waals surface area contributed by atoms with Crippen LogP contribution in [0.5, 0.6) is 5.75 Å². The molecule has 0 saturated heterocycles. The van der Waals surface area contributed by atoms with Crippen molar-refractivity contribution in [2.75, 3.05) is 13.2 Å². The Morgan fingerprint density at radius 2 is 2.40 bits per heavy atom. The van der Waals surface area contributed by atoms with Crippen molar-refractivity contribution >= 4 is 0 Å². The van der Waals surface area contributed by atoms with Gasteiger partial charge in [-0.3, -0.25) is 0 Å². The number of ether oxygens (including phenoxy) is 1. The van der Waals surface area contributed by atoms with E-state index >= 15 is 0 Å². The lowest BCUT2D eigenvalue weighted by Crippen LogP contribution is -2.18. The molecule has 3 rings (SSSR count). The van der Waals surface area contributed by atoms with Crippen LogP contribution in [0.1, 0.15) is 42.9 Å². The number of hydrogen-bond donors (Lipinski definition) is 1. The second kappa shape index (κ2) is 3.53. The van der Waals surface area contributed by atoms with Gasteiger partial charge < -0.3 is 10.1 Å². The number of nitrogens with one attached hydrogen (secondary N) is 1. The molecule has 80 valence electrons. The molecule has 1 aliphatic carbocycles. The maximum atomic E-state index is 5.71. The maximum Gasteiger partial charge on any atom is 0.123 e. The van der Waals surface area contributed by atoms with E-state index in [-0.39, 0.29) is 0 Å². The minimum atomic E-state index is 0.552. The van der Waals surface area contributed by atoms with Crippen LogP contribution in [0.2, 0.25) is 0 Å². The zero-order valence-corrected chi connectivity index (χ0v) is 9.12. The predicted octanol–water partition coefficient (Wildman–Crippen LogP) is 2.61. The van der Waals surface area contributed by atoms with E-state index in [1.165, 1.54) is 24.0 Å². The molecule has 1 aromatic carbocycles. The normalized spacial score (nSPS) is 27.3. The highest BCUT2D eigenvalue weighted by molar-refractivity contribution is 5.49. The topological polar surface area (TPSA) is 21.3 Å². The highest BCUT2D eigenvalue weighted by Gasteiger charge is 2.34. The fourth-order valence-electron chi connectivity index (χ4n) is 2.97. The Morgan fingerprint density at radius 1 is 1.47 bits per heavy atom. The quantitative estimate of drug-likeness (QED) is 0.797. The first-order valence-corrected chi connectivity index (χ1v) is 5.89. The maximum absolute atomic E-state index is 5.71. The molecule has 1 N–H and O–H groups in total. The van der Waals surface area contributed by atoms with Crippen LogP contribution in [0.4, 0.5) is 0 Å². The van der Waals surface area contributed by atoms with E-state index in [4.69, 9.17) is 4.74 Å². The van der Waals surface area contributed by atoms with Gasteiger partial charge in [-0.1, -0.05) is 19.1 Å². The van der Waals surface area contributed by atoms with Crippen LogP contribution in [-0.4, -0.2) is 13.2 Å². The molecule has 2 unspecified atom stereocenters. The van der Waals surface area contributed by atoms with Gasteiger partial charge in [0.25, 0.3) is 0 Å². The first-order valence-electron chi connectivity index (χ1n) is 5.89. The number of rotatable bonds is 2. The van der Waals surface area contributed by atoms with Crippen molar-refractivity contribution in [2.24, 2.45) is 0 Å². The van der Waals surface area contributed by atoms with Gasteiger partial charge in [-0.2, -0.15) is 0 Å². The van der Waals surface area contributed by atoms with Gasteiger partial charge in [0.1, 0.15) is 5.75 Å². The predicted molar refractivity (Wildman–Crippen MR) is 60.3 cm³/mol. The Balaban J connectivity index is 2.04. The Labute approximate surface area is 90.6 Å². The molecule has 2 nitrogen and oxygen atoms in total. The fraction of sp³-hybridized carbons (Fsp3) is 0.538. The van der Waals surface area contributed by atoms with E-state index in [2.05, 4.69) is 30.4 Å². The van der Waals surface area contributed by atoms with Gasteiger partial charge >= 0.3 is 0 Å². The smallest absolute Gasteiger partial charge is 0.123 e. The zero-order valence-electron chi connectivity index (χ0n) is 9.12. The molecule has 15 heavy (non-hydrogen) atoms. The van der Waals surface area contributed by atoms with Crippen molar-refractivity contribution in [2.45, 2.75) is 31.7 Å². The molecular formula is C13H17NO.